The predicted octanol–water partition coefficient (Wildman–Crippen LogP) is 1.23. The van der Waals surface area contributed by atoms with Gasteiger partial charge in [-0.25, -0.2) is 17.9 Å². The molecule has 0 bridgehead atoms. The van der Waals surface area contributed by atoms with Crippen molar-refractivity contribution in [3.63, 3.8) is 0 Å². The van der Waals surface area contributed by atoms with Crippen LogP contribution in [0.15, 0.2) is 49.1 Å². The summed E-state index contributed by atoms with van der Waals surface area (Å²) in [5, 5.41) is 53.4. The Morgan fingerprint density at radius 1 is 1.00 bits per heavy atom. The van der Waals surface area contributed by atoms with Crippen molar-refractivity contribution in [2.45, 2.75) is 30.5 Å². The molecule has 0 radical (unpaired) electrons. The SMILES string of the molecule is Cn1cc2ccc(-n3cnnc3[C@@H]3O[C@H](CO)[C@H](O)[C@H](n4cc(-c5cc(F)c(F)c(F)c5)nn4)[C@H]3O)cc2n1. The van der Waals surface area contributed by atoms with Gasteiger partial charge in [-0.1, -0.05) is 5.21 Å². The highest BCUT2D eigenvalue weighted by atomic mass is 19.2. The Kier molecular flexibility index (Phi) is 6.14. The molecule has 1 fully saturated rings. The second-order valence-electron chi connectivity index (χ2n) is 9.19. The quantitative estimate of drug-likeness (QED) is 0.279. The number of benzene rings is 2. The first-order valence-corrected chi connectivity index (χ1v) is 11.8. The van der Waals surface area contributed by atoms with Crippen molar-refractivity contribution in [2.75, 3.05) is 6.61 Å². The zero-order valence-electron chi connectivity index (χ0n) is 20.2. The minimum Gasteiger partial charge on any atom is -0.394 e. The molecule has 0 amide bonds. The summed E-state index contributed by atoms with van der Waals surface area (Å²) >= 11 is 0. The van der Waals surface area contributed by atoms with Gasteiger partial charge >= 0.3 is 0 Å². The van der Waals surface area contributed by atoms with Gasteiger partial charge in [0.2, 0.25) is 0 Å². The number of hydrogen-bond donors (Lipinski definition) is 3. The molecule has 3 N–H and O–H groups in total. The number of aliphatic hydroxyl groups excluding tert-OH is 3. The lowest BCUT2D eigenvalue weighted by atomic mass is 9.92. The van der Waals surface area contributed by atoms with E-state index in [9.17, 15) is 28.5 Å². The molecule has 0 aliphatic carbocycles. The lowest BCUT2D eigenvalue weighted by Gasteiger charge is -2.41. The van der Waals surface area contributed by atoms with Crippen molar-refractivity contribution in [3.8, 4) is 16.9 Å². The topological polar surface area (TPSA) is 149 Å². The Hall–Kier alpha value is -4.18. The minimum atomic E-state index is -1.62. The van der Waals surface area contributed by atoms with Gasteiger partial charge in [-0.3, -0.25) is 9.25 Å². The van der Waals surface area contributed by atoms with Crippen LogP contribution in [0.25, 0.3) is 27.8 Å². The number of fused-ring (bicyclic) bond motifs is 1. The fourth-order valence-corrected chi connectivity index (χ4v) is 4.80. The van der Waals surface area contributed by atoms with Crippen molar-refractivity contribution in [3.05, 3.63) is 72.3 Å². The third kappa shape index (κ3) is 4.24. The highest BCUT2D eigenvalue weighted by molar-refractivity contribution is 5.80. The Labute approximate surface area is 217 Å². The largest absolute Gasteiger partial charge is 0.394 e. The molecule has 0 unspecified atom stereocenters. The predicted molar refractivity (Wildman–Crippen MR) is 127 cm³/mol. The van der Waals surface area contributed by atoms with Gasteiger partial charge < -0.3 is 20.1 Å². The number of rotatable bonds is 5. The summed E-state index contributed by atoms with van der Waals surface area (Å²) in [4.78, 5) is 0. The summed E-state index contributed by atoms with van der Waals surface area (Å²) in [5.41, 5.74) is 1.20. The van der Waals surface area contributed by atoms with E-state index in [0.29, 0.717) is 11.2 Å². The Bertz CT molecular complexity index is 1650. The highest BCUT2D eigenvalue weighted by Gasteiger charge is 2.48. The number of ether oxygens (including phenoxy) is 1. The lowest BCUT2D eigenvalue weighted by molar-refractivity contribution is -0.210. The molecular formula is C24H21F3N8O4. The van der Waals surface area contributed by atoms with E-state index in [0.717, 1.165) is 22.2 Å². The first-order chi connectivity index (χ1) is 18.7. The number of aromatic nitrogens is 8. The van der Waals surface area contributed by atoms with E-state index in [4.69, 9.17) is 4.74 Å². The fraction of sp³-hybridized carbons (Fsp3) is 0.292. The molecule has 0 saturated carbocycles. The van der Waals surface area contributed by atoms with E-state index >= 15 is 0 Å². The summed E-state index contributed by atoms with van der Waals surface area (Å²) in [6.07, 6.45) is -0.779. The average molecular weight is 542 g/mol. The van der Waals surface area contributed by atoms with E-state index in [-0.39, 0.29) is 17.1 Å². The van der Waals surface area contributed by atoms with Crippen LogP contribution >= 0.6 is 0 Å². The Morgan fingerprint density at radius 2 is 1.77 bits per heavy atom. The smallest absolute Gasteiger partial charge is 0.194 e. The highest BCUT2D eigenvalue weighted by Crippen LogP contribution is 2.38. The number of nitrogens with zero attached hydrogens (tertiary/aromatic N) is 8. The third-order valence-electron chi connectivity index (χ3n) is 6.70. The minimum absolute atomic E-state index is 0.0392. The molecule has 6 rings (SSSR count). The van der Waals surface area contributed by atoms with Gasteiger partial charge in [0.25, 0.3) is 0 Å². The molecule has 0 spiro atoms. The Balaban J connectivity index is 1.36. The fourth-order valence-electron chi connectivity index (χ4n) is 4.80. The van der Waals surface area contributed by atoms with Crippen molar-refractivity contribution in [1.82, 2.24) is 39.5 Å². The van der Waals surface area contributed by atoms with Gasteiger partial charge in [0.05, 0.1) is 24.0 Å². The van der Waals surface area contributed by atoms with E-state index < -0.39 is 54.5 Å². The van der Waals surface area contributed by atoms with Crippen molar-refractivity contribution < 1.29 is 33.2 Å². The molecule has 1 aliphatic rings. The van der Waals surface area contributed by atoms with Crippen LogP contribution in [0.5, 0.6) is 0 Å². The van der Waals surface area contributed by atoms with Crippen molar-refractivity contribution >= 4 is 10.9 Å². The van der Waals surface area contributed by atoms with Gasteiger partial charge in [-0.15, -0.1) is 15.3 Å². The molecule has 202 valence electrons. The third-order valence-corrected chi connectivity index (χ3v) is 6.70. The monoisotopic (exact) mass is 542 g/mol. The maximum absolute atomic E-state index is 13.8. The van der Waals surface area contributed by atoms with Crippen LogP contribution in [0, 0.1) is 17.5 Å². The molecule has 5 aromatic rings. The van der Waals surface area contributed by atoms with Crippen LogP contribution in [0.4, 0.5) is 13.2 Å². The van der Waals surface area contributed by atoms with Gasteiger partial charge in [-0.05, 0) is 30.3 Å². The van der Waals surface area contributed by atoms with Gasteiger partial charge in [0, 0.05) is 24.2 Å². The van der Waals surface area contributed by atoms with Crippen LogP contribution < -0.4 is 0 Å². The molecule has 4 heterocycles. The number of halogens is 3. The maximum atomic E-state index is 13.8. The number of hydrogen-bond acceptors (Lipinski definition) is 9. The van der Waals surface area contributed by atoms with Crippen LogP contribution in [0.2, 0.25) is 0 Å². The number of aryl methyl sites for hydroxylation is 1. The van der Waals surface area contributed by atoms with E-state index in [1.54, 1.807) is 22.4 Å². The second kappa shape index (κ2) is 9.53. The van der Waals surface area contributed by atoms with Crippen LogP contribution in [-0.2, 0) is 11.8 Å². The molecule has 2 aromatic carbocycles. The first kappa shape index (κ1) is 25.1. The lowest BCUT2D eigenvalue weighted by Crippen LogP contribution is -2.53. The summed E-state index contributed by atoms with van der Waals surface area (Å²) in [6, 6.07) is 5.76. The maximum Gasteiger partial charge on any atom is 0.194 e. The summed E-state index contributed by atoms with van der Waals surface area (Å²) in [6.45, 7) is -0.606. The van der Waals surface area contributed by atoms with Gasteiger partial charge in [0.1, 0.15) is 42.5 Å². The van der Waals surface area contributed by atoms with Crippen LogP contribution in [0.3, 0.4) is 0 Å². The van der Waals surface area contributed by atoms with Gasteiger partial charge in [0.15, 0.2) is 23.3 Å². The summed E-state index contributed by atoms with van der Waals surface area (Å²) in [7, 11) is 1.80. The van der Waals surface area contributed by atoms with Gasteiger partial charge in [-0.2, -0.15) is 5.10 Å². The van der Waals surface area contributed by atoms with Crippen molar-refractivity contribution in [1.29, 1.82) is 0 Å². The molecule has 3 aromatic heterocycles. The van der Waals surface area contributed by atoms with E-state index in [2.05, 4.69) is 25.6 Å². The number of aliphatic hydroxyl groups is 3. The normalized spacial score (nSPS) is 23.5. The zero-order valence-corrected chi connectivity index (χ0v) is 20.2. The first-order valence-electron chi connectivity index (χ1n) is 11.8. The molecule has 1 saturated heterocycles. The van der Waals surface area contributed by atoms with Crippen LogP contribution in [0.1, 0.15) is 18.0 Å². The van der Waals surface area contributed by atoms with Crippen LogP contribution in [-0.4, -0.2) is 79.8 Å². The average Bonchev–Trinajstić information content (AvgIpc) is 3.66. The molecule has 39 heavy (non-hydrogen) atoms. The summed E-state index contributed by atoms with van der Waals surface area (Å²) < 4.78 is 51.2. The summed E-state index contributed by atoms with van der Waals surface area (Å²) in [5.74, 6) is -4.26. The molecule has 15 heteroatoms. The molecular weight excluding hydrogens is 521 g/mol. The second-order valence-corrected chi connectivity index (χ2v) is 9.19. The molecule has 12 nitrogen and oxygen atoms in total. The molecule has 1 aliphatic heterocycles. The standard InChI is InChI=1S/C24H21F3N8O4/c1-33-7-11-2-3-13(6-16(11)31-33)34-10-28-30-24(34)23-22(38)20(21(37)18(9-36)39-23)35-8-17(29-32-35)12-4-14(25)19(27)15(26)5-12/h2-8,10,18,20-23,36-38H,9H2,1H3/t18-,20+,21+,22-,23-/m1/s1. The van der Waals surface area contributed by atoms with E-state index in [1.165, 1.54) is 12.5 Å². The van der Waals surface area contributed by atoms with Crippen molar-refractivity contribution in [2.24, 2.45) is 7.05 Å². The van der Waals surface area contributed by atoms with E-state index in [1.807, 2.05) is 18.3 Å². The zero-order chi connectivity index (χ0) is 27.4. The Morgan fingerprint density at radius 3 is 2.51 bits per heavy atom. The molecule has 5 atom stereocenters.